The summed E-state index contributed by atoms with van der Waals surface area (Å²) in [5.74, 6) is 0.687. The zero-order valence-corrected chi connectivity index (χ0v) is 19.0. The van der Waals surface area contributed by atoms with E-state index in [1.54, 1.807) is 36.4 Å². The highest BCUT2D eigenvalue weighted by atomic mass is 35.5. The molecule has 3 aromatic carbocycles. The van der Waals surface area contributed by atoms with E-state index < -0.39 is 5.97 Å². The first-order valence-electron chi connectivity index (χ1n) is 10.5. The van der Waals surface area contributed by atoms with Crippen molar-refractivity contribution in [1.29, 1.82) is 0 Å². The summed E-state index contributed by atoms with van der Waals surface area (Å²) in [6.07, 6.45) is 1.30. The SMILES string of the molecule is COC(=O)c1ccc(Oc2coc3c4c(ccc3c2=O)OCN(Cc2ccc(Cl)cc2)C4)cc1. The molecule has 172 valence electrons. The highest BCUT2D eigenvalue weighted by molar-refractivity contribution is 6.30. The summed E-state index contributed by atoms with van der Waals surface area (Å²) in [5.41, 5.74) is 2.47. The number of methoxy groups -OCH3 is 1. The number of nitrogens with zero attached hydrogens (tertiary/aromatic N) is 1. The number of hydrogen-bond donors (Lipinski definition) is 0. The van der Waals surface area contributed by atoms with E-state index in [2.05, 4.69) is 9.64 Å². The van der Waals surface area contributed by atoms with Crippen LogP contribution in [0.2, 0.25) is 5.02 Å². The van der Waals surface area contributed by atoms with Crippen molar-refractivity contribution in [3.63, 3.8) is 0 Å². The molecule has 2 heterocycles. The standard InChI is InChI=1S/C26H20ClNO6/c1-31-26(30)17-4-8-19(9-5-17)34-23-14-32-25-20(24(23)29)10-11-22-21(25)13-28(15-33-22)12-16-2-6-18(27)7-3-16/h2-11,14H,12-13,15H2,1H3. The van der Waals surface area contributed by atoms with Crippen LogP contribution >= 0.6 is 11.6 Å². The van der Waals surface area contributed by atoms with Gasteiger partial charge in [-0.2, -0.15) is 0 Å². The Morgan fingerprint density at radius 1 is 1.06 bits per heavy atom. The van der Waals surface area contributed by atoms with Crippen LogP contribution in [0.1, 0.15) is 21.5 Å². The van der Waals surface area contributed by atoms with Gasteiger partial charge in [-0.15, -0.1) is 0 Å². The van der Waals surface area contributed by atoms with Crippen molar-refractivity contribution in [2.45, 2.75) is 13.1 Å². The smallest absolute Gasteiger partial charge is 0.337 e. The van der Waals surface area contributed by atoms with Crippen molar-refractivity contribution >= 4 is 28.5 Å². The molecule has 1 aromatic heterocycles. The second-order valence-corrected chi connectivity index (χ2v) is 8.29. The fourth-order valence-corrected chi connectivity index (χ4v) is 3.99. The van der Waals surface area contributed by atoms with Gasteiger partial charge in [0.05, 0.1) is 23.6 Å². The van der Waals surface area contributed by atoms with Crippen molar-refractivity contribution < 1.29 is 23.4 Å². The number of carbonyl (C=O) groups excluding carboxylic acids is 1. The topological polar surface area (TPSA) is 78.2 Å². The van der Waals surface area contributed by atoms with E-state index in [1.807, 2.05) is 24.3 Å². The van der Waals surface area contributed by atoms with Crippen LogP contribution in [0, 0.1) is 0 Å². The minimum atomic E-state index is -0.450. The fourth-order valence-electron chi connectivity index (χ4n) is 3.86. The molecule has 0 unspecified atom stereocenters. The first-order chi connectivity index (χ1) is 16.5. The molecule has 7 nitrogen and oxygen atoms in total. The first-order valence-corrected chi connectivity index (χ1v) is 10.9. The predicted molar refractivity (Wildman–Crippen MR) is 127 cm³/mol. The van der Waals surface area contributed by atoms with Gasteiger partial charge in [-0.1, -0.05) is 23.7 Å². The Hall–Kier alpha value is -3.81. The van der Waals surface area contributed by atoms with E-state index in [-0.39, 0.29) is 11.2 Å². The second-order valence-electron chi connectivity index (χ2n) is 7.85. The van der Waals surface area contributed by atoms with Crippen LogP contribution in [0.25, 0.3) is 11.0 Å². The van der Waals surface area contributed by atoms with E-state index in [9.17, 15) is 9.59 Å². The van der Waals surface area contributed by atoms with Gasteiger partial charge < -0.3 is 18.6 Å². The Morgan fingerprint density at radius 2 is 1.82 bits per heavy atom. The molecule has 0 saturated heterocycles. The normalized spacial score (nSPS) is 13.2. The zero-order valence-electron chi connectivity index (χ0n) is 18.2. The molecule has 0 bridgehead atoms. The molecule has 0 spiro atoms. The lowest BCUT2D eigenvalue weighted by atomic mass is 10.1. The Kier molecular flexibility index (Phi) is 5.96. The number of hydrogen-bond acceptors (Lipinski definition) is 7. The third kappa shape index (κ3) is 4.35. The van der Waals surface area contributed by atoms with Crippen molar-refractivity contribution in [3.8, 4) is 17.2 Å². The van der Waals surface area contributed by atoms with E-state index >= 15 is 0 Å². The molecular formula is C26H20ClNO6. The number of fused-ring (bicyclic) bond motifs is 3. The van der Waals surface area contributed by atoms with E-state index in [0.717, 1.165) is 11.1 Å². The number of ether oxygens (including phenoxy) is 3. The maximum atomic E-state index is 13.1. The molecule has 0 fully saturated rings. The van der Waals surface area contributed by atoms with Gasteiger partial charge in [0.1, 0.15) is 30.1 Å². The molecule has 0 N–H and O–H groups in total. The Bertz CT molecular complexity index is 1410. The molecule has 34 heavy (non-hydrogen) atoms. The Balaban J connectivity index is 1.40. The average molecular weight is 478 g/mol. The van der Waals surface area contributed by atoms with Gasteiger partial charge in [0.25, 0.3) is 0 Å². The van der Waals surface area contributed by atoms with Crippen LogP contribution in [-0.2, 0) is 17.8 Å². The molecular weight excluding hydrogens is 458 g/mol. The van der Waals surface area contributed by atoms with Crippen LogP contribution in [0.4, 0.5) is 0 Å². The molecule has 5 rings (SSSR count). The molecule has 0 radical (unpaired) electrons. The lowest BCUT2D eigenvalue weighted by Crippen LogP contribution is -2.31. The lowest BCUT2D eigenvalue weighted by molar-refractivity contribution is 0.0600. The van der Waals surface area contributed by atoms with E-state index in [0.29, 0.717) is 52.9 Å². The third-order valence-corrected chi connectivity index (χ3v) is 5.83. The Morgan fingerprint density at radius 3 is 2.56 bits per heavy atom. The summed E-state index contributed by atoms with van der Waals surface area (Å²) in [6, 6.07) is 17.4. The van der Waals surface area contributed by atoms with Gasteiger partial charge in [0, 0.05) is 18.1 Å². The van der Waals surface area contributed by atoms with Gasteiger partial charge in [0.2, 0.25) is 11.2 Å². The van der Waals surface area contributed by atoms with Crippen LogP contribution in [0.3, 0.4) is 0 Å². The summed E-state index contributed by atoms with van der Waals surface area (Å²) in [6.45, 7) is 1.65. The number of carbonyl (C=O) groups is 1. The van der Waals surface area contributed by atoms with Crippen LogP contribution in [0.5, 0.6) is 17.2 Å². The van der Waals surface area contributed by atoms with Crippen LogP contribution < -0.4 is 14.9 Å². The summed E-state index contributed by atoms with van der Waals surface area (Å²) in [4.78, 5) is 26.8. The van der Waals surface area contributed by atoms with Crippen molar-refractivity contribution in [1.82, 2.24) is 4.90 Å². The lowest BCUT2D eigenvalue weighted by Gasteiger charge is -2.29. The predicted octanol–water partition coefficient (Wildman–Crippen LogP) is 5.38. The number of rotatable bonds is 5. The zero-order chi connectivity index (χ0) is 23.7. The van der Waals surface area contributed by atoms with Crippen molar-refractivity contribution in [2.24, 2.45) is 0 Å². The number of benzene rings is 3. The van der Waals surface area contributed by atoms with E-state index in [1.165, 1.54) is 13.4 Å². The first kappa shape index (κ1) is 22.0. The summed E-state index contributed by atoms with van der Waals surface area (Å²) >= 11 is 5.98. The molecule has 0 aliphatic carbocycles. The largest absolute Gasteiger partial charge is 0.478 e. The summed E-state index contributed by atoms with van der Waals surface area (Å²) < 4.78 is 22.2. The van der Waals surface area contributed by atoms with Crippen LogP contribution in [-0.4, -0.2) is 24.7 Å². The second kappa shape index (κ2) is 9.21. The average Bonchev–Trinajstić information content (AvgIpc) is 2.87. The van der Waals surface area contributed by atoms with Crippen LogP contribution in [0.15, 0.2) is 76.1 Å². The summed E-state index contributed by atoms with van der Waals surface area (Å²) in [7, 11) is 1.31. The number of esters is 1. The number of halogens is 1. The quantitative estimate of drug-likeness (QED) is 0.357. The monoisotopic (exact) mass is 477 g/mol. The molecule has 4 aromatic rings. The van der Waals surface area contributed by atoms with Gasteiger partial charge in [-0.25, -0.2) is 4.79 Å². The highest BCUT2D eigenvalue weighted by Crippen LogP contribution is 2.33. The van der Waals surface area contributed by atoms with Gasteiger partial charge >= 0.3 is 5.97 Å². The highest BCUT2D eigenvalue weighted by Gasteiger charge is 2.23. The minimum absolute atomic E-state index is 0.0491. The molecule has 1 aliphatic rings. The van der Waals surface area contributed by atoms with Gasteiger partial charge in [-0.05, 0) is 54.1 Å². The molecule has 0 amide bonds. The molecule has 0 saturated carbocycles. The molecule has 1 aliphatic heterocycles. The Labute approximate surface area is 200 Å². The van der Waals surface area contributed by atoms with Gasteiger partial charge in [-0.3, -0.25) is 9.69 Å². The third-order valence-electron chi connectivity index (χ3n) is 5.58. The minimum Gasteiger partial charge on any atom is -0.478 e. The molecule has 0 atom stereocenters. The maximum absolute atomic E-state index is 13.1. The van der Waals surface area contributed by atoms with Crippen molar-refractivity contribution in [3.05, 3.63) is 98.9 Å². The maximum Gasteiger partial charge on any atom is 0.337 e. The van der Waals surface area contributed by atoms with Crippen molar-refractivity contribution in [2.75, 3.05) is 13.8 Å². The van der Waals surface area contributed by atoms with E-state index in [4.69, 9.17) is 25.5 Å². The molecule has 8 heteroatoms. The fraction of sp³-hybridized carbons (Fsp3) is 0.154. The summed E-state index contributed by atoms with van der Waals surface area (Å²) in [5, 5.41) is 1.09. The van der Waals surface area contributed by atoms with Gasteiger partial charge in [0.15, 0.2) is 0 Å².